The summed E-state index contributed by atoms with van der Waals surface area (Å²) in [4.78, 5) is 16.9. The van der Waals surface area contributed by atoms with E-state index >= 15 is 0 Å². The summed E-state index contributed by atoms with van der Waals surface area (Å²) in [6.45, 7) is 4.01. The van der Waals surface area contributed by atoms with Crippen molar-refractivity contribution >= 4 is 22.9 Å². The molecule has 0 aliphatic heterocycles. The highest BCUT2D eigenvalue weighted by atomic mass is 32.1. The van der Waals surface area contributed by atoms with E-state index in [0.717, 1.165) is 33.1 Å². The molecule has 3 aromatic rings. The van der Waals surface area contributed by atoms with Gasteiger partial charge in [0.1, 0.15) is 0 Å². The maximum absolute atomic E-state index is 12.4. The first-order chi connectivity index (χ1) is 11.1. The van der Waals surface area contributed by atoms with Crippen molar-refractivity contribution in [3.8, 4) is 11.3 Å². The maximum Gasteiger partial charge on any atom is 0.228 e. The number of aryl methyl sites for hydroxylation is 2. The third-order valence-electron chi connectivity index (χ3n) is 3.54. The normalized spacial score (nSPS) is 10.5. The van der Waals surface area contributed by atoms with Gasteiger partial charge in [-0.2, -0.15) is 0 Å². The van der Waals surface area contributed by atoms with E-state index in [2.05, 4.69) is 10.3 Å². The average molecular weight is 322 g/mol. The Balaban J connectivity index is 1.79. The van der Waals surface area contributed by atoms with Crippen molar-refractivity contribution < 1.29 is 4.79 Å². The van der Waals surface area contributed by atoms with Crippen molar-refractivity contribution in [3.63, 3.8) is 0 Å². The topological polar surface area (TPSA) is 42.0 Å². The van der Waals surface area contributed by atoms with E-state index in [9.17, 15) is 4.79 Å². The van der Waals surface area contributed by atoms with Crippen LogP contribution in [-0.2, 0) is 11.2 Å². The zero-order valence-corrected chi connectivity index (χ0v) is 14.0. The van der Waals surface area contributed by atoms with Crippen LogP contribution in [0.25, 0.3) is 11.3 Å². The number of benzene rings is 2. The summed E-state index contributed by atoms with van der Waals surface area (Å²) in [5.74, 6) is -0.0185. The van der Waals surface area contributed by atoms with Crippen LogP contribution in [0.2, 0.25) is 0 Å². The maximum atomic E-state index is 12.4. The Morgan fingerprint density at radius 2 is 1.96 bits per heavy atom. The Kier molecular flexibility index (Phi) is 4.53. The number of thiazole rings is 1. The van der Waals surface area contributed by atoms with Gasteiger partial charge in [0.15, 0.2) is 0 Å². The summed E-state index contributed by atoms with van der Waals surface area (Å²) >= 11 is 1.61. The molecule has 1 amide bonds. The van der Waals surface area contributed by atoms with Crippen molar-refractivity contribution in [2.45, 2.75) is 20.3 Å². The Morgan fingerprint density at radius 3 is 2.70 bits per heavy atom. The molecule has 1 heterocycles. The summed E-state index contributed by atoms with van der Waals surface area (Å²) < 4.78 is 0. The lowest BCUT2D eigenvalue weighted by molar-refractivity contribution is -0.115. The number of hydrogen-bond acceptors (Lipinski definition) is 3. The first-order valence-corrected chi connectivity index (χ1v) is 8.37. The number of hydrogen-bond donors (Lipinski definition) is 1. The van der Waals surface area contributed by atoms with E-state index in [1.54, 1.807) is 11.3 Å². The molecule has 0 radical (unpaired) electrons. The van der Waals surface area contributed by atoms with Crippen molar-refractivity contribution in [3.05, 3.63) is 70.0 Å². The van der Waals surface area contributed by atoms with Crippen molar-refractivity contribution in [1.82, 2.24) is 4.98 Å². The summed E-state index contributed by atoms with van der Waals surface area (Å²) in [7, 11) is 0. The minimum atomic E-state index is -0.0185. The predicted molar refractivity (Wildman–Crippen MR) is 95.8 cm³/mol. The highest BCUT2D eigenvalue weighted by Gasteiger charge is 2.11. The van der Waals surface area contributed by atoms with Gasteiger partial charge in [0.05, 0.1) is 22.8 Å². The van der Waals surface area contributed by atoms with Gasteiger partial charge >= 0.3 is 0 Å². The number of amides is 1. The van der Waals surface area contributed by atoms with E-state index in [1.807, 2.05) is 67.8 Å². The minimum Gasteiger partial charge on any atom is -0.325 e. The third-order valence-corrected chi connectivity index (χ3v) is 4.32. The number of nitrogens with one attached hydrogen (secondary N) is 1. The Hall–Kier alpha value is -2.46. The molecule has 1 aromatic heterocycles. The molecular formula is C19H18N2OS. The van der Waals surface area contributed by atoms with Crippen molar-refractivity contribution in [2.75, 3.05) is 5.32 Å². The average Bonchev–Trinajstić information content (AvgIpc) is 2.94. The molecule has 0 saturated carbocycles. The lowest BCUT2D eigenvalue weighted by atomic mass is 10.1. The van der Waals surface area contributed by atoms with Gasteiger partial charge in [-0.3, -0.25) is 4.79 Å². The zero-order chi connectivity index (χ0) is 16.2. The van der Waals surface area contributed by atoms with Crippen LogP contribution in [0.5, 0.6) is 0 Å². The number of aromatic nitrogens is 1. The van der Waals surface area contributed by atoms with E-state index in [1.165, 1.54) is 0 Å². The number of carbonyl (C=O) groups is 1. The molecule has 23 heavy (non-hydrogen) atoms. The van der Waals surface area contributed by atoms with Gasteiger partial charge in [0, 0.05) is 10.9 Å². The number of carbonyl (C=O) groups excluding carboxylic acids is 1. The van der Waals surface area contributed by atoms with E-state index in [4.69, 9.17) is 0 Å². The second-order valence-corrected chi connectivity index (χ2v) is 6.57. The van der Waals surface area contributed by atoms with Crippen LogP contribution < -0.4 is 5.32 Å². The fourth-order valence-electron chi connectivity index (χ4n) is 2.50. The summed E-state index contributed by atoms with van der Waals surface area (Å²) in [6.07, 6.45) is 0.367. The molecule has 3 nitrogen and oxygen atoms in total. The van der Waals surface area contributed by atoms with Crippen LogP contribution in [0, 0.1) is 13.8 Å². The first kappa shape index (κ1) is 15.4. The summed E-state index contributed by atoms with van der Waals surface area (Å²) in [6, 6.07) is 15.8. The standard InChI is InChI=1S/C19H18N2OS/c1-13-6-5-7-15(10-13)11-19(22)21-17-9-4-3-8-16(17)18-12-23-14(2)20-18/h3-10,12H,11H2,1-2H3,(H,21,22). The fraction of sp³-hybridized carbons (Fsp3) is 0.158. The highest BCUT2D eigenvalue weighted by Crippen LogP contribution is 2.28. The number of nitrogens with zero attached hydrogens (tertiary/aromatic N) is 1. The van der Waals surface area contributed by atoms with Crippen LogP contribution >= 0.6 is 11.3 Å². The summed E-state index contributed by atoms with van der Waals surface area (Å²) in [5.41, 5.74) is 4.84. The van der Waals surface area contributed by atoms with Crippen LogP contribution in [-0.4, -0.2) is 10.9 Å². The molecule has 0 unspecified atom stereocenters. The van der Waals surface area contributed by atoms with Crippen molar-refractivity contribution in [1.29, 1.82) is 0 Å². The van der Waals surface area contributed by atoms with Crippen molar-refractivity contribution in [2.24, 2.45) is 0 Å². The van der Waals surface area contributed by atoms with Gasteiger partial charge in [-0.1, -0.05) is 48.0 Å². The quantitative estimate of drug-likeness (QED) is 0.762. The van der Waals surface area contributed by atoms with E-state index < -0.39 is 0 Å². The van der Waals surface area contributed by atoms with Gasteiger partial charge in [0.2, 0.25) is 5.91 Å². The molecule has 0 saturated heterocycles. The van der Waals surface area contributed by atoms with Gasteiger partial charge in [-0.25, -0.2) is 4.98 Å². The molecule has 0 fully saturated rings. The monoisotopic (exact) mass is 322 g/mol. The lowest BCUT2D eigenvalue weighted by Crippen LogP contribution is -2.15. The van der Waals surface area contributed by atoms with Gasteiger partial charge in [-0.05, 0) is 25.5 Å². The SMILES string of the molecule is Cc1cccc(CC(=O)Nc2ccccc2-c2csc(C)n2)c1. The number of rotatable bonds is 4. The molecular weight excluding hydrogens is 304 g/mol. The van der Waals surface area contributed by atoms with Gasteiger partial charge < -0.3 is 5.32 Å². The van der Waals surface area contributed by atoms with Gasteiger partial charge in [-0.15, -0.1) is 11.3 Å². The van der Waals surface area contributed by atoms with E-state index in [-0.39, 0.29) is 5.91 Å². The second kappa shape index (κ2) is 6.75. The van der Waals surface area contributed by atoms with Crippen LogP contribution in [0.3, 0.4) is 0 Å². The molecule has 2 aromatic carbocycles. The molecule has 0 atom stereocenters. The molecule has 1 N–H and O–H groups in total. The number of para-hydroxylation sites is 1. The van der Waals surface area contributed by atoms with Gasteiger partial charge in [0.25, 0.3) is 0 Å². The molecule has 0 aliphatic carbocycles. The lowest BCUT2D eigenvalue weighted by Gasteiger charge is -2.10. The smallest absolute Gasteiger partial charge is 0.228 e. The second-order valence-electron chi connectivity index (χ2n) is 5.51. The molecule has 4 heteroatoms. The first-order valence-electron chi connectivity index (χ1n) is 7.49. The third kappa shape index (κ3) is 3.85. The fourth-order valence-corrected chi connectivity index (χ4v) is 3.12. The molecule has 0 spiro atoms. The Labute approximate surface area is 140 Å². The largest absolute Gasteiger partial charge is 0.325 e. The zero-order valence-electron chi connectivity index (χ0n) is 13.2. The minimum absolute atomic E-state index is 0.0185. The highest BCUT2D eigenvalue weighted by molar-refractivity contribution is 7.09. The molecule has 0 bridgehead atoms. The molecule has 3 rings (SSSR count). The summed E-state index contributed by atoms with van der Waals surface area (Å²) in [5, 5.41) is 6.04. The Bertz CT molecular complexity index is 839. The predicted octanol–water partition coefficient (Wildman–Crippen LogP) is 4.61. The van der Waals surface area contributed by atoms with Crippen LogP contribution in [0.4, 0.5) is 5.69 Å². The van der Waals surface area contributed by atoms with Crippen LogP contribution in [0.1, 0.15) is 16.1 Å². The molecule has 116 valence electrons. The number of anilines is 1. The Morgan fingerprint density at radius 1 is 1.13 bits per heavy atom. The van der Waals surface area contributed by atoms with Crippen LogP contribution in [0.15, 0.2) is 53.9 Å². The van der Waals surface area contributed by atoms with E-state index in [0.29, 0.717) is 6.42 Å². The molecule has 0 aliphatic rings.